The van der Waals surface area contributed by atoms with Crippen molar-refractivity contribution >= 4 is 23.2 Å². The fraction of sp³-hybridized carbons (Fsp3) is 0.647. The predicted octanol–water partition coefficient (Wildman–Crippen LogP) is 2.78. The molecule has 0 aromatic carbocycles. The molecule has 2 heterocycles. The average Bonchev–Trinajstić information content (AvgIpc) is 3.21. The monoisotopic (exact) mass is 336 g/mol. The zero-order chi connectivity index (χ0) is 16.3. The maximum atomic E-state index is 13.0. The number of rotatable bonds is 4. The molecule has 1 aromatic heterocycles. The van der Waals surface area contributed by atoms with E-state index in [0.717, 1.165) is 32.1 Å². The summed E-state index contributed by atoms with van der Waals surface area (Å²) in [5, 5.41) is 4.81. The van der Waals surface area contributed by atoms with Crippen LogP contribution in [0.4, 0.5) is 0 Å². The molecule has 1 aliphatic carbocycles. The summed E-state index contributed by atoms with van der Waals surface area (Å²) in [5.41, 5.74) is -0.590. The lowest BCUT2D eigenvalue weighted by molar-refractivity contribution is -0.127. The Morgan fingerprint density at radius 3 is 2.83 bits per heavy atom. The van der Waals surface area contributed by atoms with Crippen molar-refractivity contribution in [1.82, 2.24) is 10.2 Å². The van der Waals surface area contributed by atoms with Gasteiger partial charge in [-0.05, 0) is 43.6 Å². The van der Waals surface area contributed by atoms with Crippen LogP contribution in [-0.2, 0) is 9.53 Å². The summed E-state index contributed by atoms with van der Waals surface area (Å²) in [5.74, 6) is -0.171. The molecule has 1 saturated carbocycles. The SMILES string of the molecule is CCCNC(=O)[C@H]1COC2(CCCCC2)N1C(=O)c1cccs1. The Kier molecular flexibility index (Phi) is 5.02. The van der Waals surface area contributed by atoms with Crippen LogP contribution >= 0.6 is 11.3 Å². The summed E-state index contributed by atoms with van der Waals surface area (Å²) in [4.78, 5) is 28.0. The van der Waals surface area contributed by atoms with Crippen LogP contribution in [0, 0.1) is 0 Å². The van der Waals surface area contributed by atoms with Gasteiger partial charge in [-0.15, -0.1) is 11.3 Å². The summed E-state index contributed by atoms with van der Waals surface area (Å²) in [6.45, 7) is 2.94. The maximum Gasteiger partial charge on any atom is 0.266 e. The van der Waals surface area contributed by atoms with Crippen molar-refractivity contribution in [3.63, 3.8) is 0 Å². The molecule has 1 N–H and O–H groups in total. The first-order valence-corrected chi connectivity index (χ1v) is 9.35. The lowest BCUT2D eigenvalue weighted by atomic mass is 9.90. The van der Waals surface area contributed by atoms with Gasteiger partial charge in [-0.2, -0.15) is 0 Å². The van der Waals surface area contributed by atoms with E-state index in [9.17, 15) is 9.59 Å². The molecule has 0 bridgehead atoms. The molecule has 5 nitrogen and oxygen atoms in total. The third-order valence-corrected chi connectivity index (χ3v) is 5.56. The zero-order valence-corrected chi connectivity index (χ0v) is 14.4. The standard InChI is InChI=1S/C17H24N2O3S/c1-2-10-18-15(20)13-12-22-17(8-4-3-5-9-17)19(13)16(21)14-7-6-11-23-14/h6-7,11,13H,2-5,8-10,12H2,1H3,(H,18,20)/t13-/m1/s1. The highest BCUT2D eigenvalue weighted by Crippen LogP contribution is 2.41. The Morgan fingerprint density at radius 1 is 1.39 bits per heavy atom. The van der Waals surface area contributed by atoms with Gasteiger partial charge in [0.05, 0.1) is 11.5 Å². The molecule has 1 spiro atoms. The fourth-order valence-electron chi connectivity index (χ4n) is 3.56. The number of carbonyl (C=O) groups is 2. The number of hydrogen-bond acceptors (Lipinski definition) is 4. The molecular formula is C17H24N2O3S. The lowest BCUT2D eigenvalue weighted by Gasteiger charge is -2.41. The first kappa shape index (κ1) is 16.5. The van der Waals surface area contributed by atoms with E-state index in [1.54, 1.807) is 4.90 Å². The summed E-state index contributed by atoms with van der Waals surface area (Å²) < 4.78 is 6.08. The van der Waals surface area contributed by atoms with E-state index >= 15 is 0 Å². The molecule has 2 aliphatic rings. The molecule has 2 amide bonds. The number of amides is 2. The van der Waals surface area contributed by atoms with E-state index in [1.807, 2.05) is 24.4 Å². The molecule has 3 rings (SSSR count). The number of thiophene rings is 1. The first-order valence-electron chi connectivity index (χ1n) is 8.47. The minimum Gasteiger partial charge on any atom is -0.354 e. The molecule has 126 valence electrons. The summed E-state index contributed by atoms with van der Waals surface area (Å²) >= 11 is 1.42. The fourth-order valence-corrected chi connectivity index (χ4v) is 4.22. The molecule has 2 fully saturated rings. The molecule has 1 saturated heterocycles. The number of ether oxygens (including phenoxy) is 1. The van der Waals surface area contributed by atoms with Crippen LogP contribution in [0.2, 0.25) is 0 Å². The number of nitrogens with zero attached hydrogens (tertiary/aromatic N) is 1. The highest BCUT2D eigenvalue weighted by molar-refractivity contribution is 7.12. The van der Waals surface area contributed by atoms with Gasteiger partial charge < -0.3 is 10.1 Å². The largest absolute Gasteiger partial charge is 0.354 e. The summed E-state index contributed by atoms with van der Waals surface area (Å²) in [6.07, 6.45) is 5.76. The molecule has 0 radical (unpaired) electrons. The molecular weight excluding hydrogens is 312 g/mol. The third kappa shape index (κ3) is 3.15. The Bertz CT molecular complexity index is 552. The Hall–Kier alpha value is -1.40. The highest BCUT2D eigenvalue weighted by Gasteiger charge is 2.53. The second kappa shape index (κ2) is 7.01. The van der Waals surface area contributed by atoms with Crippen LogP contribution in [-0.4, -0.2) is 41.6 Å². The molecule has 6 heteroatoms. The Balaban J connectivity index is 1.87. The van der Waals surface area contributed by atoms with E-state index in [4.69, 9.17) is 4.74 Å². The van der Waals surface area contributed by atoms with Gasteiger partial charge in [0.15, 0.2) is 0 Å². The van der Waals surface area contributed by atoms with E-state index in [2.05, 4.69) is 5.32 Å². The molecule has 0 unspecified atom stereocenters. The van der Waals surface area contributed by atoms with E-state index in [-0.39, 0.29) is 11.8 Å². The second-order valence-corrected chi connectivity index (χ2v) is 7.22. The lowest BCUT2D eigenvalue weighted by Crippen LogP contribution is -2.56. The number of hydrogen-bond donors (Lipinski definition) is 1. The van der Waals surface area contributed by atoms with E-state index in [0.29, 0.717) is 18.0 Å². The van der Waals surface area contributed by atoms with Crippen molar-refractivity contribution in [2.24, 2.45) is 0 Å². The third-order valence-electron chi connectivity index (χ3n) is 4.70. The minimum absolute atomic E-state index is 0.0731. The molecule has 1 atom stereocenters. The second-order valence-electron chi connectivity index (χ2n) is 6.28. The maximum absolute atomic E-state index is 13.0. The van der Waals surface area contributed by atoms with E-state index in [1.165, 1.54) is 17.8 Å². The number of carbonyl (C=O) groups excluding carboxylic acids is 2. The van der Waals surface area contributed by atoms with Gasteiger partial charge in [0.25, 0.3) is 5.91 Å². The van der Waals surface area contributed by atoms with E-state index < -0.39 is 11.8 Å². The Morgan fingerprint density at radius 2 is 2.17 bits per heavy atom. The number of nitrogens with one attached hydrogen (secondary N) is 1. The van der Waals surface area contributed by atoms with Crippen molar-refractivity contribution < 1.29 is 14.3 Å². The predicted molar refractivity (Wildman–Crippen MR) is 89.3 cm³/mol. The average molecular weight is 336 g/mol. The summed E-state index contributed by atoms with van der Waals surface area (Å²) in [7, 11) is 0. The Labute approximate surface area is 141 Å². The molecule has 23 heavy (non-hydrogen) atoms. The van der Waals surface area contributed by atoms with Gasteiger partial charge in [0.2, 0.25) is 5.91 Å². The van der Waals surface area contributed by atoms with Gasteiger partial charge in [0.1, 0.15) is 11.8 Å². The van der Waals surface area contributed by atoms with Crippen molar-refractivity contribution in [3.8, 4) is 0 Å². The van der Waals surface area contributed by atoms with Gasteiger partial charge >= 0.3 is 0 Å². The smallest absolute Gasteiger partial charge is 0.266 e. The van der Waals surface area contributed by atoms with Crippen LogP contribution < -0.4 is 5.32 Å². The van der Waals surface area contributed by atoms with Crippen LogP contribution in [0.3, 0.4) is 0 Å². The van der Waals surface area contributed by atoms with Crippen LogP contribution in [0.25, 0.3) is 0 Å². The van der Waals surface area contributed by atoms with Crippen LogP contribution in [0.15, 0.2) is 17.5 Å². The highest BCUT2D eigenvalue weighted by atomic mass is 32.1. The van der Waals surface area contributed by atoms with Crippen LogP contribution in [0.5, 0.6) is 0 Å². The van der Waals surface area contributed by atoms with Gasteiger partial charge in [0, 0.05) is 6.54 Å². The first-order chi connectivity index (χ1) is 11.2. The minimum atomic E-state index is -0.590. The van der Waals surface area contributed by atoms with Crippen molar-refractivity contribution in [1.29, 1.82) is 0 Å². The molecule has 1 aliphatic heterocycles. The molecule has 1 aromatic rings. The quantitative estimate of drug-likeness (QED) is 0.920. The summed E-state index contributed by atoms with van der Waals surface area (Å²) in [6, 6.07) is 3.17. The van der Waals surface area contributed by atoms with Gasteiger partial charge in [-0.3, -0.25) is 14.5 Å². The van der Waals surface area contributed by atoms with Gasteiger partial charge in [-0.25, -0.2) is 0 Å². The zero-order valence-electron chi connectivity index (χ0n) is 13.5. The topological polar surface area (TPSA) is 58.6 Å². The van der Waals surface area contributed by atoms with Crippen molar-refractivity contribution in [2.75, 3.05) is 13.2 Å². The van der Waals surface area contributed by atoms with Crippen LogP contribution in [0.1, 0.15) is 55.1 Å². The van der Waals surface area contributed by atoms with Crippen molar-refractivity contribution in [2.45, 2.75) is 57.2 Å². The van der Waals surface area contributed by atoms with Crippen molar-refractivity contribution in [3.05, 3.63) is 22.4 Å². The normalized spacial score (nSPS) is 23.2. The van der Waals surface area contributed by atoms with Gasteiger partial charge in [-0.1, -0.05) is 19.4 Å².